The van der Waals surface area contributed by atoms with Crippen molar-refractivity contribution < 1.29 is 24.2 Å². The summed E-state index contributed by atoms with van der Waals surface area (Å²) in [6, 6.07) is 14.6. The Labute approximate surface area is 205 Å². The smallest absolute Gasteiger partial charge is 0.337 e. The van der Waals surface area contributed by atoms with E-state index in [0.717, 1.165) is 48.3 Å². The summed E-state index contributed by atoms with van der Waals surface area (Å²) in [5.41, 5.74) is 4.57. The molecule has 0 saturated heterocycles. The molecule has 5 rings (SSSR count). The number of allylic oxidation sites excluding steroid dienone is 3. The highest BCUT2D eigenvalue weighted by molar-refractivity contribution is 6.04. The number of ether oxygens (including phenoxy) is 2. The summed E-state index contributed by atoms with van der Waals surface area (Å²) >= 11 is 0. The minimum Gasteiger partial charge on any atom is -0.508 e. The largest absolute Gasteiger partial charge is 0.508 e. The Bertz CT molecular complexity index is 1190. The van der Waals surface area contributed by atoms with Crippen LogP contribution in [-0.2, 0) is 14.3 Å². The minimum absolute atomic E-state index is 0.0244. The first-order chi connectivity index (χ1) is 16.9. The van der Waals surface area contributed by atoms with Crippen LogP contribution in [0, 0.1) is 0 Å². The predicted molar refractivity (Wildman–Crippen MR) is 132 cm³/mol. The monoisotopic (exact) mass is 473 g/mol. The van der Waals surface area contributed by atoms with Crippen LogP contribution in [0.5, 0.6) is 11.5 Å². The lowest BCUT2D eigenvalue weighted by Gasteiger charge is -2.37. The van der Waals surface area contributed by atoms with Crippen molar-refractivity contribution in [2.75, 3.05) is 7.11 Å². The van der Waals surface area contributed by atoms with E-state index in [-0.39, 0.29) is 29.5 Å². The van der Waals surface area contributed by atoms with Crippen LogP contribution in [-0.4, -0.2) is 30.1 Å². The summed E-state index contributed by atoms with van der Waals surface area (Å²) in [4.78, 5) is 27.1. The van der Waals surface area contributed by atoms with Crippen LogP contribution < -0.4 is 10.1 Å². The van der Waals surface area contributed by atoms with Crippen LogP contribution in [0.3, 0.4) is 0 Å². The minimum atomic E-state index is -0.523. The molecule has 0 aromatic heterocycles. The third-order valence-electron chi connectivity index (χ3n) is 7.44. The lowest BCUT2D eigenvalue weighted by Crippen LogP contribution is -2.36. The van der Waals surface area contributed by atoms with Gasteiger partial charge in [0.05, 0.1) is 12.7 Å². The number of phenols is 1. The highest BCUT2D eigenvalue weighted by atomic mass is 16.5. The number of ketones is 1. The molecule has 6 heteroatoms. The lowest BCUT2D eigenvalue weighted by molar-refractivity contribution is -0.144. The molecular weight excluding hydrogens is 442 g/mol. The zero-order chi connectivity index (χ0) is 24.5. The Morgan fingerprint density at radius 1 is 0.971 bits per heavy atom. The zero-order valence-electron chi connectivity index (χ0n) is 20.2. The van der Waals surface area contributed by atoms with Gasteiger partial charge in [-0.1, -0.05) is 24.3 Å². The average molecular weight is 474 g/mol. The van der Waals surface area contributed by atoms with Crippen LogP contribution in [0.1, 0.15) is 68.4 Å². The fourth-order valence-electron chi connectivity index (χ4n) is 5.64. The number of nitrogens with one attached hydrogen (secondary N) is 1. The van der Waals surface area contributed by atoms with Crippen molar-refractivity contribution in [1.82, 2.24) is 5.32 Å². The second-order valence-electron chi connectivity index (χ2n) is 9.69. The van der Waals surface area contributed by atoms with Gasteiger partial charge in [-0.2, -0.15) is 0 Å². The molecule has 2 unspecified atom stereocenters. The number of aromatic hydroxyl groups is 1. The van der Waals surface area contributed by atoms with Gasteiger partial charge < -0.3 is 19.9 Å². The zero-order valence-corrected chi connectivity index (χ0v) is 20.2. The Morgan fingerprint density at radius 3 is 2.29 bits per heavy atom. The van der Waals surface area contributed by atoms with Crippen LogP contribution in [0.15, 0.2) is 71.1 Å². The number of hydrogen-bond donors (Lipinski definition) is 2. The fraction of sp³-hybridized carbons (Fsp3) is 0.379. The van der Waals surface area contributed by atoms with Gasteiger partial charge in [0.1, 0.15) is 17.6 Å². The number of carbonyl (C=O) groups is 2. The highest BCUT2D eigenvalue weighted by Gasteiger charge is 2.42. The predicted octanol–water partition coefficient (Wildman–Crippen LogP) is 5.25. The second-order valence-corrected chi connectivity index (χ2v) is 9.69. The number of esters is 1. The van der Waals surface area contributed by atoms with Gasteiger partial charge in [0.2, 0.25) is 0 Å². The molecule has 2 atom stereocenters. The fourth-order valence-corrected chi connectivity index (χ4v) is 5.64. The molecule has 2 aromatic rings. The highest BCUT2D eigenvalue weighted by Crippen LogP contribution is 2.46. The number of hydrogen-bond acceptors (Lipinski definition) is 6. The normalized spacial score (nSPS) is 22.6. The first kappa shape index (κ1) is 23.2. The maximum absolute atomic E-state index is 13.7. The van der Waals surface area contributed by atoms with Crippen LogP contribution in [0.4, 0.5) is 0 Å². The molecule has 1 aliphatic heterocycles. The standard InChI is InChI=1S/C29H31NO5/c1-17-26(29(33)35-23-5-3-4-6-23)27(19-7-11-21(31)12-8-19)28-24(30-17)15-20(16-25(28)32)18-9-13-22(34-2)14-10-18/h7-14,20,23,27,30-31H,3-6,15-16H2,1-2H3. The van der Waals surface area contributed by atoms with Crippen LogP contribution >= 0.6 is 0 Å². The van der Waals surface area contributed by atoms with E-state index in [4.69, 9.17) is 9.47 Å². The summed E-state index contributed by atoms with van der Waals surface area (Å²) in [5.74, 6) is 0.100. The van der Waals surface area contributed by atoms with Crippen molar-refractivity contribution in [1.29, 1.82) is 0 Å². The number of Topliss-reactive ketones (excluding diaryl/α,β-unsaturated/α-hetero) is 1. The van der Waals surface area contributed by atoms with Crippen molar-refractivity contribution in [2.45, 2.75) is 63.4 Å². The molecule has 0 bridgehead atoms. The molecule has 6 nitrogen and oxygen atoms in total. The molecule has 1 saturated carbocycles. The van der Waals surface area contributed by atoms with Crippen molar-refractivity contribution in [2.24, 2.45) is 0 Å². The number of carbonyl (C=O) groups excluding carboxylic acids is 2. The Morgan fingerprint density at radius 2 is 1.63 bits per heavy atom. The van der Waals surface area contributed by atoms with Gasteiger partial charge in [0.15, 0.2) is 5.78 Å². The molecule has 1 fully saturated rings. The van der Waals surface area contributed by atoms with Crippen molar-refractivity contribution in [3.05, 3.63) is 82.2 Å². The van der Waals surface area contributed by atoms with Gasteiger partial charge in [-0.15, -0.1) is 0 Å². The topological polar surface area (TPSA) is 84.9 Å². The maximum atomic E-state index is 13.7. The molecule has 2 aromatic carbocycles. The van der Waals surface area contributed by atoms with E-state index in [2.05, 4.69) is 5.32 Å². The average Bonchev–Trinajstić information content (AvgIpc) is 3.36. The third-order valence-corrected chi connectivity index (χ3v) is 7.44. The van der Waals surface area contributed by atoms with E-state index < -0.39 is 5.92 Å². The number of methoxy groups -OCH3 is 1. The SMILES string of the molecule is COc1ccc(C2CC(=O)C3=C(C2)NC(C)=C(C(=O)OC2CCCC2)C3c2ccc(O)cc2)cc1. The van der Waals surface area contributed by atoms with Crippen molar-refractivity contribution in [3.8, 4) is 11.5 Å². The van der Waals surface area contributed by atoms with Gasteiger partial charge >= 0.3 is 5.97 Å². The van der Waals surface area contributed by atoms with E-state index in [1.165, 1.54) is 0 Å². The van der Waals surface area contributed by atoms with Gasteiger partial charge in [-0.25, -0.2) is 4.79 Å². The molecule has 1 heterocycles. The molecule has 3 aliphatic rings. The van der Waals surface area contributed by atoms with Crippen LogP contribution in [0.25, 0.3) is 0 Å². The Balaban J connectivity index is 1.51. The number of rotatable bonds is 5. The first-order valence-corrected chi connectivity index (χ1v) is 12.3. The van der Waals surface area contributed by atoms with Gasteiger partial charge in [-0.3, -0.25) is 4.79 Å². The van der Waals surface area contributed by atoms with E-state index in [1.54, 1.807) is 31.4 Å². The number of dihydropyridines is 1. The van der Waals surface area contributed by atoms with E-state index in [0.29, 0.717) is 29.7 Å². The van der Waals surface area contributed by atoms with Crippen molar-refractivity contribution >= 4 is 11.8 Å². The Hall–Kier alpha value is -3.54. The molecule has 2 N–H and O–H groups in total. The number of phenolic OH excluding ortho intramolecular Hbond substituents is 1. The lowest BCUT2D eigenvalue weighted by atomic mass is 9.71. The van der Waals surface area contributed by atoms with E-state index in [9.17, 15) is 14.7 Å². The summed E-state index contributed by atoms with van der Waals surface area (Å²) in [7, 11) is 1.63. The van der Waals surface area contributed by atoms with E-state index in [1.807, 2.05) is 31.2 Å². The summed E-state index contributed by atoms with van der Waals surface area (Å²) in [6.07, 6.45) is 4.86. The molecule has 0 spiro atoms. The first-order valence-electron chi connectivity index (χ1n) is 12.3. The Kier molecular flexibility index (Phi) is 6.37. The molecule has 182 valence electrons. The van der Waals surface area contributed by atoms with Crippen LogP contribution in [0.2, 0.25) is 0 Å². The van der Waals surface area contributed by atoms with Gasteiger partial charge in [0, 0.05) is 29.3 Å². The summed E-state index contributed by atoms with van der Waals surface area (Å²) in [5, 5.41) is 13.3. The molecule has 35 heavy (non-hydrogen) atoms. The number of benzene rings is 2. The quantitative estimate of drug-likeness (QED) is 0.577. The molecular formula is C29H31NO5. The maximum Gasteiger partial charge on any atom is 0.337 e. The third kappa shape index (κ3) is 4.57. The van der Waals surface area contributed by atoms with Gasteiger partial charge in [0.25, 0.3) is 0 Å². The molecule has 2 aliphatic carbocycles. The second kappa shape index (κ2) is 9.61. The van der Waals surface area contributed by atoms with Gasteiger partial charge in [-0.05, 0) is 80.3 Å². The molecule has 0 amide bonds. The molecule has 0 radical (unpaired) electrons. The van der Waals surface area contributed by atoms with Crippen molar-refractivity contribution in [3.63, 3.8) is 0 Å². The summed E-state index contributed by atoms with van der Waals surface area (Å²) in [6.45, 7) is 1.88. The van der Waals surface area contributed by atoms with E-state index >= 15 is 0 Å². The summed E-state index contributed by atoms with van der Waals surface area (Å²) < 4.78 is 11.2.